The second-order valence-electron chi connectivity index (χ2n) is 3.15. The van der Waals surface area contributed by atoms with E-state index in [0.717, 1.165) is 0 Å². The fourth-order valence-corrected chi connectivity index (χ4v) is 1.36. The van der Waals surface area contributed by atoms with Gasteiger partial charge < -0.3 is 15.6 Å². The quantitative estimate of drug-likeness (QED) is 0.417. The summed E-state index contributed by atoms with van der Waals surface area (Å²) >= 11 is 5.61. The maximum Gasteiger partial charge on any atom is 0.405 e. The molecule has 0 aromatic carbocycles. The smallest absolute Gasteiger partial charge is 0.405 e. The van der Waals surface area contributed by atoms with Crippen molar-refractivity contribution in [2.45, 2.75) is 6.54 Å². The van der Waals surface area contributed by atoms with E-state index in [-0.39, 0.29) is 23.2 Å². The van der Waals surface area contributed by atoms with Gasteiger partial charge in [-0.05, 0) is 12.1 Å². The molecule has 0 unspecified atom stereocenters. The van der Waals surface area contributed by atoms with Crippen LogP contribution in [0, 0.1) is 0 Å². The van der Waals surface area contributed by atoms with E-state index in [2.05, 4.69) is 25.8 Å². The highest BCUT2D eigenvalue weighted by atomic mass is 35.5. The van der Waals surface area contributed by atoms with Gasteiger partial charge >= 0.3 is 6.09 Å². The predicted molar refractivity (Wildman–Crippen MR) is 59.8 cm³/mol. The molecule has 0 radical (unpaired) electrons. The zero-order valence-electron chi connectivity index (χ0n) is 8.78. The third-order valence-corrected chi connectivity index (χ3v) is 2.29. The normalized spacial score (nSPS) is 11.7. The van der Waals surface area contributed by atoms with Gasteiger partial charge in [-0.15, -0.1) is 10.2 Å². The first-order chi connectivity index (χ1) is 8.61. The summed E-state index contributed by atoms with van der Waals surface area (Å²) in [4.78, 5) is 10.4. The van der Waals surface area contributed by atoms with Gasteiger partial charge in [-0.1, -0.05) is 16.8 Å². The molecule has 0 aliphatic carbocycles. The molecule has 2 aromatic heterocycles. The van der Waals surface area contributed by atoms with Gasteiger partial charge in [0.25, 0.3) is 0 Å². The van der Waals surface area contributed by atoms with Crippen LogP contribution in [0.25, 0.3) is 5.65 Å². The van der Waals surface area contributed by atoms with E-state index < -0.39 is 6.09 Å². The van der Waals surface area contributed by atoms with Crippen molar-refractivity contribution in [1.82, 2.24) is 25.1 Å². The van der Waals surface area contributed by atoms with Gasteiger partial charge in [0, 0.05) is 0 Å². The van der Waals surface area contributed by atoms with Gasteiger partial charge in [0.05, 0.1) is 6.54 Å². The molecule has 9 nitrogen and oxygen atoms in total. The number of fused-ring (bicyclic) bond motifs is 1. The number of carboxylic acid groups (broad SMARTS) is 1. The Labute approximate surface area is 105 Å². The summed E-state index contributed by atoms with van der Waals surface area (Å²) in [6.07, 6.45) is -1.18. The molecule has 0 spiro atoms. The van der Waals surface area contributed by atoms with Crippen molar-refractivity contribution in [1.29, 1.82) is 0 Å². The molecule has 2 aromatic rings. The number of nitrogens with one attached hydrogen (secondary N) is 1. The van der Waals surface area contributed by atoms with Gasteiger partial charge in [-0.25, -0.2) is 4.79 Å². The van der Waals surface area contributed by atoms with Gasteiger partial charge in [0.15, 0.2) is 16.6 Å². The third kappa shape index (κ3) is 2.30. The van der Waals surface area contributed by atoms with Crippen molar-refractivity contribution in [3.8, 4) is 0 Å². The fraction of sp³-hybridized carbons (Fsp3) is 0.125. The first-order valence-electron chi connectivity index (χ1n) is 4.68. The van der Waals surface area contributed by atoms with Gasteiger partial charge in [0.1, 0.15) is 5.69 Å². The van der Waals surface area contributed by atoms with Crippen LogP contribution in [0.15, 0.2) is 17.3 Å². The molecule has 0 aliphatic heterocycles. The number of aromatic nitrogens is 4. The zero-order chi connectivity index (χ0) is 13.1. The minimum absolute atomic E-state index is 0.0547. The molecule has 0 aliphatic rings. The highest BCUT2D eigenvalue weighted by Crippen LogP contribution is 2.06. The van der Waals surface area contributed by atoms with E-state index in [1.165, 1.54) is 10.6 Å². The van der Waals surface area contributed by atoms with Crippen molar-refractivity contribution in [2.24, 2.45) is 5.16 Å². The molecular formula is C8H7ClN6O3. The Balaban J connectivity index is 2.40. The first-order valence-corrected chi connectivity index (χ1v) is 5.05. The average molecular weight is 271 g/mol. The Morgan fingerprint density at radius 2 is 2.28 bits per heavy atom. The lowest BCUT2D eigenvalue weighted by Crippen LogP contribution is -2.22. The van der Waals surface area contributed by atoms with Crippen LogP contribution in [0.1, 0.15) is 11.5 Å². The van der Waals surface area contributed by atoms with E-state index in [4.69, 9.17) is 21.9 Å². The summed E-state index contributed by atoms with van der Waals surface area (Å²) < 4.78 is 1.30. The van der Waals surface area contributed by atoms with Crippen LogP contribution >= 0.6 is 11.6 Å². The Morgan fingerprint density at radius 3 is 2.94 bits per heavy atom. The number of hydrogen-bond donors (Lipinski definition) is 3. The van der Waals surface area contributed by atoms with Crippen LogP contribution < -0.4 is 5.32 Å². The highest BCUT2D eigenvalue weighted by molar-refractivity contribution is 6.69. The lowest BCUT2D eigenvalue weighted by molar-refractivity contribution is 0.193. The molecule has 0 bridgehead atoms. The number of hydrogen-bond acceptors (Lipinski definition) is 6. The van der Waals surface area contributed by atoms with E-state index in [1.54, 1.807) is 6.07 Å². The maximum absolute atomic E-state index is 10.4. The fourth-order valence-electron chi connectivity index (χ4n) is 1.26. The number of amides is 1. The molecule has 0 atom stereocenters. The molecule has 94 valence electrons. The molecule has 0 saturated heterocycles. The summed E-state index contributed by atoms with van der Waals surface area (Å²) in [5, 5.41) is 33.4. The molecule has 0 fully saturated rings. The summed E-state index contributed by atoms with van der Waals surface area (Å²) in [5.41, 5.74) is 0.631. The zero-order valence-corrected chi connectivity index (χ0v) is 9.53. The Hall–Kier alpha value is -2.42. The first kappa shape index (κ1) is 12.0. The second kappa shape index (κ2) is 4.84. The minimum atomic E-state index is -1.18. The van der Waals surface area contributed by atoms with E-state index in [1.807, 2.05) is 0 Å². The van der Waals surface area contributed by atoms with Gasteiger partial charge in [-0.2, -0.15) is 9.61 Å². The minimum Gasteiger partial charge on any atom is -0.465 e. The summed E-state index contributed by atoms with van der Waals surface area (Å²) in [5.74, 6) is 0.289. The van der Waals surface area contributed by atoms with Crippen molar-refractivity contribution in [3.05, 3.63) is 23.7 Å². The van der Waals surface area contributed by atoms with Crippen LogP contribution in [0.5, 0.6) is 0 Å². The second-order valence-corrected chi connectivity index (χ2v) is 3.51. The van der Waals surface area contributed by atoms with Crippen LogP contribution in [-0.4, -0.2) is 41.4 Å². The lowest BCUT2D eigenvalue weighted by atomic mass is 10.4. The summed E-state index contributed by atoms with van der Waals surface area (Å²) in [6.45, 7) is -0.0547. The van der Waals surface area contributed by atoms with Gasteiger partial charge in [-0.3, -0.25) is 0 Å². The number of nitrogens with zero attached hydrogens (tertiary/aromatic N) is 5. The molecule has 2 heterocycles. The van der Waals surface area contributed by atoms with E-state index in [9.17, 15) is 4.79 Å². The molecule has 3 N–H and O–H groups in total. The molecule has 2 rings (SSSR count). The number of rotatable bonds is 3. The summed E-state index contributed by atoms with van der Waals surface area (Å²) in [7, 11) is 0. The largest absolute Gasteiger partial charge is 0.465 e. The van der Waals surface area contributed by atoms with Crippen LogP contribution in [-0.2, 0) is 6.54 Å². The highest BCUT2D eigenvalue weighted by Gasteiger charge is 2.10. The standard InChI is InChI=1S/C8H7ClN6O3/c9-7(14-18)4-1-2-5-11-12-6(15(5)13-4)3-10-8(16)17/h1-2,10,18H,3H2,(H,16,17)/b14-7+. The third-order valence-electron chi connectivity index (χ3n) is 2.02. The SMILES string of the molecule is O=C(O)NCc1nnc2ccc(/C(Cl)=N\O)nn12. The van der Waals surface area contributed by atoms with E-state index in [0.29, 0.717) is 5.65 Å². The molecule has 10 heteroatoms. The van der Waals surface area contributed by atoms with E-state index >= 15 is 0 Å². The van der Waals surface area contributed by atoms with Crippen LogP contribution in [0.3, 0.4) is 0 Å². The molecular weight excluding hydrogens is 264 g/mol. The van der Waals surface area contributed by atoms with Crippen molar-refractivity contribution in [2.75, 3.05) is 0 Å². The number of oxime groups is 1. The van der Waals surface area contributed by atoms with Crippen molar-refractivity contribution < 1.29 is 15.1 Å². The van der Waals surface area contributed by atoms with Crippen LogP contribution in [0.4, 0.5) is 4.79 Å². The molecule has 18 heavy (non-hydrogen) atoms. The molecule has 0 saturated carbocycles. The Bertz CT molecular complexity index is 624. The Kier molecular flexibility index (Phi) is 3.24. The van der Waals surface area contributed by atoms with Crippen molar-refractivity contribution >= 4 is 28.5 Å². The van der Waals surface area contributed by atoms with Gasteiger partial charge in [0.2, 0.25) is 0 Å². The maximum atomic E-state index is 10.4. The predicted octanol–water partition coefficient (Wildman–Crippen LogP) is 0.266. The Morgan fingerprint density at radius 1 is 1.50 bits per heavy atom. The van der Waals surface area contributed by atoms with Crippen molar-refractivity contribution in [3.63, 3.8) is 0 Å². The monoisotopic (exact) mass is 270 g/mol. The number of halogens is 1. The average Bonchev–Trinajstić information content (AvgIpc) is 2.77. The number of carbonyl (C=O) groups is 1. The van der Waals surface area contributed by atoms with Crippen LogP contribution in [0.2, 0.25) is 0 Å². The topological polar surface area (TPSA) is 125 Å². The summed E-state index contributed by atoms with van der Waals surface area (Å²) in [6, 6.07) is 3.06. The lowest BCUT2D eigenvalue weighted by Gasteiger charge is -2.00. The molecule has 1 amide bonds.